The van der Waals surface area contributed by atoms with Crippen LogP contribution in [-0.4, -0.2) is 42.9 Å². The molecule has 0 radical (unpaired) electrons. The second-order valence-corrected chi connectivity index (χ2v) is 5.47. The molecule has 0 aliphatic carbocycles. The van der Waals surface area contributed by atoms with Crippen molar-refractivity contribution in [1.29, 1.82) is 0 Å². The number of aryl methyl sites for hydroxylation is 1. The molecule has 1 fully saturated rings. The van der Waals surface area contributed by atoms with Crippen molar-refractivity contribution < 1.29 is 18.3 Å². The summed E-state index contributed by atoms with van der Waals surface area (Å²) in [7, 11) is 1.68. The molecule has 2 aromatic rings. The first-order chi connectivity index (χ1) is 10.8. The number of piperidine rings is 1. The average molecular weight is 328 g/mol. The normalized spacial score (nSPS) is 18.2. The third-order valence-corrected chi connectivity index (χ3v) is 3.93. The molecule has 1 N–H and O–H groups in total. The van der Waals surface area contributed by atoms with Crippen LogP contribution in [0.5, 0.6) is 0 Å². The van der Waals surface area contributed by atoms with Crippen LogP contribution in [-0.2, 0) is 18.8 Å². The van der Waals surface area contributed by atoms with Gasteiger partial charge in [-0.1, -0.05) is 0 Å². The van der Waals surface area contributed by atoms with Crippen molar-refractivity contribution >= 4 is 5.95 Å². The van der Waals surface area contributed by atoms with E-state index in [1.54, 1.807) is 11.9 Å². The van der Waals surface area contributed by atoms with Gasteiger partial charge in [0.2, 0.25) is 5.95 Å². The summed E-state index contributed by atoms with van der Waals surface area (Å²) in [5, 5.41) is 14.6. The van der Waals surface area contributed by atoms with E-state index in [1.807, 2.05) is 0 Å². The minimum absolute atomic E-state index is 0.0137. The Morgan fingerprint density at radius 2 is 1.91 bits per heavy atom. The van der Waals surface area contributed by atoms with Gasteiger partial charge in [-0.05, 0) is 6.07 Å². The quantitative estimate of drug-likeness (QED) is 0.890. The third kappa shape index (κ3) is 2.98. The van der Waals surface area contributed by atoms with Gasteiger partial charge in [0.25, 0.3) is 0 Å². The molecule has 0 spiro atoms. The van der Waals surface area contributed by atoms with Crippen molar-refractivity contribution in [3.05, 3.63) is 30.1 Å². The van der Waals surface area contributed by atoms with E-state index in [2.05, 4.69) is 20.1 Å². The van der Waals surface area contributed by atoms with Crippen molar-refractivity contribution in [2.75, 3.05) is 18.0 Å². The minimum atomic E-state index is -4.51. The van der Waals surface area contributed by atoms with Gasteiger partial charge in [-0.25, -0.2) is 15.0 Å². The van der Waals surface area contributed by atoms with Crippen molar-refractivity contribution in [2.45, 2.75) is 24.6 Å². The number of hydrogen-bond acceptors (Lipinski definition) is 6. The lowest BCUT2D eigenvalue weighted by molar-refractivity contribution is -0.141. The van der Waals surface area contributed by atoms with Crippen LogP contribution < -0.4 is 4.90 Å². The van der Waals surface area contributed by atoms with Gasteiger partial charge < -0.3 is 10.0 Å². The molecule has 1 aliphatic rings. The largest absolute Gasteiger partial charge is 0.433 e. The van der Waals surface area contributed by atoms with Gasteiger partial charge in [0.05, 0.1) is 0 Å². The van der Waals surface area contributed by atoms with E-state index >= 15 is 0 Å². The highest BCUT2D eigenvalue weighted by Gasteiger charge is 2.39. The lowest BCUT2D eigenvalue weighted by atomic mass is 9.90. The number of aliphatic hydroxyl groups is 1. The average Bonchev–Trinajstić information content (AvgIpc) is 2.94. The number of aromatic nitrogens is 5. The molecular weight excluding hydrogens is 313 g/mol. The molecule has 124 valence electrons. The molecule has 0 saturated carbocycles. The van der Waals surface area contributed by atoms with E-state index in [4.69, 9.17) is 0 Å². The predicted octanol–water partition coefficient (Wildman–Crippen LogP) is 1.11. The Balaban J connectivity index is 1.76. The fourth-order valence-electron chi connectivity index (χ4n) is 2.68. The van der Waals surface area contributed by atoms with Crippen LogP contribution in [0.4, 0.5) is 19.1 Å². The summed E-state index contributed by atoms with van der Waals surface area (Å²) >= 11 is 0. The van der Waals surface area contributed by atoms with E-state index in [0.717, 1.165) is 12.3 Å². The Hall–Kier alpha value is -2.23. The Kier molecular flexibility index (Phi) is 3.71. The van der Waals surface area contributed by atoms with Crippen LogP contribution in [0.3, 0.4) is 0 Å². The maximum atomic E-state index is 12.7. The van der Waals surface area contributed by atoms with Crippen molar-refractivity contribution in [2.24, 2.45) is 7.05 Å². The molecule has 0 atom stereocenters. The van der Waals surface area contributed by atoms with Gasteiger partial charge >= 0.3 is 6.18 Å². The Labute approximate surface area is 129 Å². The van der Waals surface area contributed by atoms with E-state index in [1.165, 1.54) is 11.0 Å². The first kappa shape index (κ1) is 15.7. The summed E-state index contributed by atoms with van der Waals surface area (Å²) in [6.07, 6.45) is -1.45. The highest BCUT2D eigenvalue weighted by atomic mass is 19.4. The van der Waals surface area contributed by atoms with Crippen LogP contribution in [0.15, 0.2) is 18.6 Å². The Morgan fingerprint density at radius 1 is 1.22 bits per heavy atom. The number of nitrogens with zero attached hydrogens (tertiary/aromatic N) is 6. The second-order valence-electron chi connectivity index (χ2n) is 5.47. The molecule has 1 aliphatic heterocycles. The molecule has 2 aromatic heterocycles. The van der Waals surface area contributed by atoms with Crippen molar-refractivity contribution in [3.63, 3.8) is 0 Å². The maximum absolute atomic E-state index is 12.7. The van der Waals surface area contributed by atoms with Crippen molar-refractivity contribution in [3.8, 4) is 0 Å². The van der Waals surface area contributed by atoms with E-state index < -0.39 is 17.5 Å². The number of hydrogen-bond donors (Lipinski definition) is 1. The molecule has 0 bridgehead atoms. The molecule has 23 heavy (non-hydrogen) atoms. The van der Waals surface area contributed by atoms with Crippen LogP contribution in [0.2, 0.25) is 0 Å². The van der Waals surface area contributed by atoms with Gasteiger partial charge in [-0.3, -0.25) is 4.68 Å². The van der Waals surface area contributed by atoms with Gasteiger partial charge in [-0.2, -0.15) is 18.3 Å². The van der Waals surface area contributed by atoms with Gasteiger partial charge in [-0.15, -0.1) is 0 Å². The first-order valence-corrected chi connectivity index (χ1v) is 7.02. The summed E-state index contributed by atoms with van der Waals surface area (Å²) in [6.45, 7) is 0.648. The molecule has 0 unspecified atom stereocenters. The zero-order chi connectivity index (χ0) is 16.7. The summed E-state index contributed by atoms with van der Waals surface area (Å²) < 4.78 is 39.7. The fourth-order valence-corrected chi connectivity index (χ4v) is 2.68. The van der Waals surface area contributed by atoms with E-state index in [9.17, 15) is 18.3 Å². The third-order valence-electron chi connectivity index (χ3n) is 3.93. The lowest BCUT2D eigenvalue weighted by Gasteiger charge is -2.37. The highest BCUT2D eigenvalue weighted by Crippen LogP contribution is 2.33. The fraction of sp³-hybridized carbons (Fsp3) is 0.538. The summed E-state index contributed by atoms with van der Waals surface area (Å²) in [4.78, 5) is 13.2. The Morgan fingerprint density at radius 3 is 2.48 bits per heavy atom. The monoisotopic (exact) mass is 328 g/mol. The van der Waals surface area contributed by atoms with Crippen LogP contribution >= 0.6 is 0 Å². The zero-order valence-corrected chi connectivity index (χ0v) is 12.3. The summed E-state index contributed by atoms with van der Waals surface area (Å²) in [6, 6.07) is 0.837. The Bertz CT molecular complexity index is 693. The molecule has 0 aromatic carbocycles. The van der Waals surface area contributed by atoms with Gasteiger partial charge in [0.1, 0.15) is 17.6 Å². The molecule has 3 heterocycles. The molecular formula is C13H15F3N6O. The second kappa shape index (κ2) is 5.44. The predicted molar refractivity (Wildman–Crippen MR) is 73.4 cm³/mol. The minimum Gasteiger partial charge on any atom is -0.382 e. The number of alkyl halides is 3. The summed E-state index contributed by atoms with van der Waals surface area (Å²) in [5.74, 6) is 0.460. The number of anilines is 1. The molecule has 10 heteroatoms. The van der Waals surface area contributed by atoms with E-state index in [0.29, 0.717) is 31.8 Å². The number of halogens is 3. The highest BCUT2D eigenvalue weighted by molar-refractivity contribution is 5.32. The maximum Gasteiger partial charge on any atom is 0.433 e. The SMILES string of the molecule is Cn1ncnc1C1(O)CCN(c2nccc(C(F)(F)F)n2)CC1. The molecule has 7 nitrogen and oxygen atoms in total. The smallest absolute Gasteiger partial charge is 0.382 e. The molecule has 1 saturated heterocycles. The standard InChI is InChI=1S/C13H15F3N6O/c1-21-10(18-8-19-21)12(23)3-6-22(7-4-12)11-17-5-2-9(20-11)13(14,15)16/h2,5,8,23H,3-4,6-7H2,1H3. The van der Waals surface area contributed by atoms with Crippen LogP contribution in [0.25, 0.3) is 0 Å². The number of rotatable bonds is 2. The van der Waals surface area contributed by atoms with Crippen LogP contribution in [0.1, 0.15) is 24.4 Å². The van der Waals surface area contributed by atoms with E-state index in [-0.39, 0.29) is 5.95 Å². The van der Waals surface area contributed by atoms with Crippen LogP contribution in [0, 0.1) is 0 Å². The summed E-state index contributed by atoms with van der Waals surface area (Å²) in [5.41, 5.74) is -2.12. The topological polar surface area (TPSA) is 80.0 Å². The van der Waals surface area contributed by atoms with Gasteiger partial charge in [0, 0.05) is 39.2 Å². The molecule has 0 amide bonds. The zero-order valence-electron chi connectivity index (χ0n) is 12.3. The van der Waals surface area contributed by atoms with Crippen molar-refractivity contribution in [1.82, 2.24) is 24.7 Å². The molecule has 3 rings (SSSR count). The van der Waals surface area contributed by atoms with Gasteiger partial charge in [0.15, 0.2) is 5.82 Å². The lowest BCUT2D eigenvalue weighted by Crippen LogP contribution is -2.44. The first-order valence-electron chi connectivity index (χ1n) is 7.02.